The Hall–Kier alpha value is -2.03. The number of hydrogen-bond donors (Lipinski definition) is 0. The SMILES string of the molecule is Bc1cc(-c2ccc(C)c3nn(C)cc23)cc(C)c1C(C)C. The maximum Gasteiger partial charge on any atom is 0.139 e. The van der Waals surface area contributed by atoms with Gasteiger partial charge >= 0.3 is 0 Å². The number of rotatable bonds is 2. The van der Waals surface area contributed by atoms with E-state index in [1.54, 1.807) is 0 Å². The van der Waals surface area contributed by atoms with Crippen LogP contribution in [0.25, 0.3) is 22.0 Å². The molecule has 2 nitrogen and oxygen atoms in total. The van der Waals surface area contributed by atoms with E-state index in [-0.39, 0.29) is 0 Å². The highest BCUT2D eigenvalue weighted by atomic mass is 15.2. The van der Waals surface area contributed by atoms with Gasteiger partial charge < -0.3 is 0 Å². The molecule has 0 aliphatic carbocycles. The Morgan fingerprint density at radius 3 is 2.45 bits per heavy atom. The Labute approximate surface area is 133 Å². The monoisotopic (exact) mass is 290 g/mol. The van der Waals surface area contributed by atoms with E-state index in [2.05, 4.69) is 71.1 Å². The second-order valence-electron chi connectivity index (χ2n) is 6.67. The summed E-state index contributed by atoms with van der Waals surface area (Å²) in [7, 11) is 4.21. The molecule has 0 aliphatic rings. The highest BCUT2D eigenvalue weighted by Crippen LogP contribution is 2.31. The Morgan fingerprint density at radius 1 is 1.09 bits per heavy atom. The Bertz CT molecular complexity index is 836. The molecule has 0 N–H and O–H groups in total. The topological polar surface area (TPSA) is 17.8 Å². The van der Waals surface area contributed by atoms with Gasteiger partial charge in [-0.1, -0.05) is 43.6 Å². The molecule has 0 unspecified atom stereocenters. The molecule has 0 saturated heterocycles. The molecular weight excluding hydrogens is 267 g/mol. The minimum Gasteiger partial charge on any atom is -0.275 e. The maximum absolute atomic E-state index is 4.61. The molecular formula is C19H23BN2. The molecule has 3 aromatic rings. The summed E-state index contributed by atoms with van der Waals surface area (Å²) in [5.74, 6) is 0.561. The second kappa shape index (κ2) is 5.31. The van der Waals surface area contributed by atoms with E-state index in [0.717, 1.165) is 5.52 Å². The van der Waals surface area contributed by atoms with Crippen molar-refractivity contribution in [3.63, 3.8) is 0 Å². The highest BCUT2D eigenvalue weighted by molar-refractivity contribution is 6.34. The number of fused-ring (bicyclic) bond motifs is 1. The third kappa shape index (κ3) is 2.35. The molecule has 0 atom stereocenters. The van der Waals surface area contributed by atoms with Gasteiger partial charge in [0.2, 0.25) is 0 Å². The summed E-state index contributed by atoms with van der Waals surface area (Å²) in [6.45, 7) is 8.87. The zero-order valence-electron chi connectivity index (χ0n) is 14.4. The van der Waals surface area contributed by atoms with Crippen molar-refractivity contribution in [1.29, 1.82) is 0 Å². The van der Waals surface area contributed by atoms with Crippen molar-refractivity contribution in [2.45, 2.75) is 33.6 Å². The van der Waals surface area contributed by atoms with Gasteiger partial charge in [0.25, 0.3) is 0 Å². The van der Waals surface area contributed by atoms with Crippen LogP contribution in [0.1, 0.15) is 36.5 Å². The quantitative estimate of drug-likeness (QED) is 0.663. The summed E-state index contributed by atoms with van der Waals surface area (Å²) >= 11 is 0. The van der Waals surface area contributed by atoms with E-state index in [1.165, 1.54) is 38.7 Å². The van der Waals surface area contributed by atoms with E-state index in [1.807, 2.05) is 11.7 Å². The Morgan fingerprint density at radius 2 is 1.82 bits per heavy atom. The summed E-state index contributed by atoms with van der Waals surface area (Å²) in [5, 5.41) is 5.84. The maximum atomic E-state index is 4.61. The molecule has 0 spiro atoms. The van der Waals surface area contributed by atoms with Crippen LogP contribution >= 0.6 is 0 Å². The molecule has 1 aromatic heterocycles. The molecule has 0 amide bonds. The predicted molar refractivity (Wildman–Crippen MR) is 97.9 cm³/mol. The second-order valence-corrected chi connectivity index (χ2v) is 6.67. The molecule has 0 aliphatic heterocycles. The summed E-state index contributed by atoms with van der Waals surface area (Å²) in [5.41, 5.74) is 9.12. The van der Waals surface area contributed by atoms with Crippen molar-refractivity contribution in [1.82, 2.24) is 9.78 Å². The van der Waals surface area contributed by atoms with Crippen LogP contribution in [-0.2, 0) is 7.05 Å². The molecule has 1 heterocycles. The van der Waals surface area contributed by atoms with Gasteiger partial charge in [0.05, 0.1) is 5.52 Å². The van der Waals surface area contributed by atoms with Crippen molar-refractivity contribution in [3.05, 3.63) is 47.2 Å². The van der Waals surface area contributed by atoms with Crippen molar-refractivity contribution < 1.29 is 0 Å². The number of aryl methyl sites for hydroxylation is 3. The summed E-state index contributed by atoms with van der Waals surface area (Å²) in [4.78, 5) is 0. The van der Waals surface area contributed by atoms with Crippen molar-refractivity contribution in [3.8, 4) is 11.1 Å². The molecule has 0 radical (unpaired) electrons. The first-order valence-electron chi connectivity index (χ1n) is 7.93. The van der Waals surface area contributed by atoms with Gasteiger partial charge in [-0.15, -0.1) is 0 Å². The van der Waals surface area contributed by atoms with Crippen molar-refractivity contribution in [2.75, 3.05) is 0 Å². The number of hydrogen-bond acceptors (Lipinski definition) is 1. The van der Waals surface area contributed by atoms with Crippen LogP contribution < -0.4 is 5.46 Å². The smallest absolute Gasteiger partial charge is 0.139 e. The van der Waals surface area contributed by atoms with Crippen LogP contribution in [0.2, 0.25) is 0 Å². The normalized spacial score (nSPS) is 11.5. The van der Waals surface area contributed by atoms with E-state index >= 15 is 0 Å². The van der Waals surface area contributed by atoms with E-state index < -0.39 is 0 Å². The van der Waals surface area contributed by atoms with Crippen LogP contribution in [-0.4, -0.2) is 17.6 Å². The molecule has 0 bridgehead atoms. The third-order valence-electron chi connectivity index (χ3n) is 4.47. The molecule has 112 valence electrons. The van der Waals surface area contributed by atoms with Gasteiger partial charge in [0, 0.05) is 18.6 Å². The zero-order chi connectivity index (χ0) is 16.0. The fourth-order valence-electron chi connectivity index (χ4n) is 3.65. The molecule has 0 saturated carbocycles. The van der Waals surface area contributed by atoms with E-state index in [0.29, 0.717) is 5.92 Å². The minimum atomic E-state index is 0.561. The summed E-state index contributed by atoms with van der Waals surface area (Å²) in [6.07, 6.45) is 2.12. The van der Waals surface area contributed by atoms with Gasteiger partial charge in [-0.2, -0.15) is 5.10 Å². The Balaban J connectivity index is 2.26. The summed E-state index contributed by atoms with van der Waals surface area (Å²) in [6, 6.07) is 9.03. The fourth-order valence-corrected chi connectivity index (χ4v) is 3.65. The van der Waals surface area contributed by atoms with Gasteiger partial charge in [-0.3, -0.25) is 4.68 Å². The molecule has 3 rings (SSSR count). The number of aromatic nitrogens is 2. The first-order valence-corrected chi connectivity index (χ1v) is 7.93. The fraction of sp³-hybridized carbons (Fsp3) is 0.316. The van der Waals surface area contributed by atoms with E-state index in [9.17, 15) is 0 Å². The highest BCUT2D eigenvalue weighted by Gasteiger charge is 2.13. The zero-order valence-corrected chi connectivity index (χ0v) is 14.4. The van der Waals surface area contributed by atoms with Crippen LogP contribution in [0.3, 0.4) is 0 Å². The average molecular weight is 290 g/mol. The lowest BCUT2D eigenvalue weighted by atomic mass is 9.80. The first-order chi connectivity index (χ1) is 10.4. The largest absolute Gasteiger partial charge is 0.275 e. The average Bonchev–Trinajstić information content (AvgIpc) is 2.80. The van der Waals surface area contributed by atoms with Gasteiger partial charge in [-0.05, 0) is 47.6 Å². The van der Waals surface area contributed by atoms with Gasteiger partial charge in [-0.25, -0.2) is 0 Å². The number of nitrogens with zero attached hydrogens (tertiary/aromatic N) is 2. The third-order valence-corrected chi connectivity index (χ3v) is 4.47. The lowest BCUT2D eigenvalue weighted by Gasteiger charge is -2.16. The van der Waals surface area contributed by atoms with E-state index in [4.69, 9.17) is 0 Å². The lowest BCUT2D eigenvalue weighted by Crippen LogP contribution is -2.14. The minimum absolute atomic E-state index is 0.561. The molecule has 3 heteroatoms. The molecule has 2 aromatic carbocycles. The van der Waals surface area contributed by atoms with Crippen LogP contribution in [0, 0.1) is 13.8 Å². The molecule has 0 fully saturated rings. The van der Waals surface area contributed by atoms with Crippen LogP contribution in [0.5, 0.6) is 0 Å². The Kier molecular flexibility index (Phi) is 3.60. The number of benzene rings is 2. The summed E-state index contributed by atoms with van der Waals surface area (Å²) < 4.78 is 1.91. The van der Waals surface area contributed by atoms with Gasteiger partial charge in [0.15, 0.2) is 0 Å². The predicted octanol–water partition coefficient (Wildman–Crippen LogP) is 3.24. The van der Waals surface area contributed by atoms with Crippen LogP contribution in [0.15, 0.2) is 30.5 Å². The molecule has 22 heavy (non-hydrogen) atoms. The van der Waals surface area contributed by atoms with Crippen molar-refractivity contribution >= 4 is 24.2 Å². The van der Waals surface area contributed by atoms with Crippen molar-refractivity contribution in [2.24, 2.45) is 7.05 Å². The first kappa shape index (κ1) is 14.9. The standard InChI is InChI=1S/C19H23BN2/c1-11(2)18-13(4)8-14(9-17(18)20)15-7-6-12(3)19-16(15)10-22(5)21-19/h6-11H,20H2,1-5H3. The van der Waals surface area contributed by atoms with Gasteiger partial charge in [0.1, 0.15) is 7.85 Å². The van der Waals surface area contributed by atoms with Crippen LogP contribution in [0.4, 0.5) is 0 Å². The lowest BCUT2D eigenvalue weighted by molar-refractivity contribution is 0.779.